The third-order valence-corrected chi connectivity index (χ3v) is 4.30. The zero-order chi connectivity index (χ0) is 7.24. The number of fused-ring (bicyclic) bond motifs is 3. The van der Waals surface area contributed by atoms with E-state index in [1.807, 2.05) is 0 Å². The molecule has 0 amide bonds. The van der Waals surface area contributed by atoms with Crippen molar-refractivity contribution < 1.29 is 5.11 Å². The fraction of sp³-hybridized carbons (Fsp3) is 1.00. The summed E-state index contributed by atoms with van der Waals surface area (Å²) in [6.45, 7) is 0. The van der Waals surface area contributed by atoms with Gasteiger partial charge >= 0.3 is 0 Å². The smallest absolute Gasteiger partial charge is 0.0649 e. The van der Waals surface area contributed by atoms with Gasteiger partial charge in [-0.1, -0.05) is 15.9 Å². The third-order valence-electron chi connectivity index (χ3n) is 3.12. The Morgan fingerprint density at radius 2 is 1.30 bits per heavy atom. The van der Waals surface area contributed by atoms with Gasteiger partial charge < -0.3 is 5.11 Å². The number of aliphatic hydroxyl groups is 1. The van der Waals surface area contributed by atoms with E-state index in [0.717, 1.165) is 19.3 Å². The first-order chi connectivity index (χ1) is 4.62. The first-order valence-corrected chi connectivity index (χ1v) is 4.83. The van der Waals surface area contributed by atoms with Crippen molar-refractivity contribution in [3.05, 3.63) is 0 Å². The molecule has 58 valence electrons. The van der Waals surface area contributed by atoms with Crippen LogP contribution in [0.25, 0.3) is 0 Å². The largest absolute Gasteiger partial charge is 0.390 e. The minimum Gasteiger partial charge on any atom is -0.390 e. The summed E-state index contributed by atoms with van der Waals surface area (Å²) in [6.07, 6.45) is 6.55. The van der Waals surface area contributed by atoms with E-state index in [2.05, 4.69) is 15.9 Å². The van der Waals surface area contributed by atoms with E-state index in [1.165, 1.54) is 19.3 Å². The molecule has 1 N–H and O–H groups in total. The van der Waals surface area contributed by atoms with Crippen molar-refractivity contribution >= 4 is 15.9 Å². The maximum Gasteiger partial charge on any atom is 0.0649 e. The van der Waals surface area contributed by atoms with Crippen molar-refractivity contribution in [3.63, 3.8) is 0 Å². The van der Waals surface area contributed by atoms with Gasteiger partial charge in [-0.2, -0.15) is 0 Å². The normalized spacial score (nSPS) is 53.4. The topological polar surface area (TPSA) is 20.2 Å². The minimum atomic E-state index is -0.268. The molecule has 2 heteroatoms. The quantitative estimate of drug-likeness (QED) is 0.601. The van der Waals surface area contributed by atoms with E-state index in [1.54, 1.807) is 0 Å². The highest BCUT2D eigenvalue weighted by molar-refractivity contribution is 9.10. The van der Waals surface area contributed by atoms with Crippen molar-refractivity contribution in [2.24, 2.45) is 0 Å². The third kappa shape index (κ3) is 1.02. The van der Waals surface area contributed by atoms with Crippen LogP contribution in [-0.4, -0.2) is 15.0 Å². The lowest BCUT2D eigenvalue weighted by Crippen LogP contribution is -2.46. The Hall–Kier alpha value is 0.440. The van der Waals surface area contributed by atoms with Gasteiger partial charge in [-0.3, -0.25) is 0 Å². The van der Waals surface area contributed by atoms with Crippen molar-refractivity contribution in [2.75, 3.05) is 0 Å². The van der Waals surface area contributed by atoms with Crippen LogP contribution in [0.5, 0.6) is 0 Å². The van der Waals surface area contributed by atoms with Gasteiger partial charge in [-0.05, 0) is 38.5 Å². The molecule has 0 aromatic carbocycles. The minimum absolute atomic E-state index is 0.268. The van der Waals surface area contributed by atoms with Gasteiger partial charge in [-0.15, -0.1) is 0 Å². The van der Waals surface area contributed by atoms with Crippen LogP contribution in [-0.2, 0) is 0 Å². The number of rotatable bonds is 0. The second kappa shape index (κ2) is 1.98. The van der Waals surface area contributed by atoms with Gasteiger partial charge in [-0.25, -0.2) is 0 Å². The predicted octanol–water partition coefficient (Wildman–Crippen LogP) is 2.22. The van der Waals surface area contributed by atoms with Gasteiger partial charge in [0.1, 0.15) is 0 Å². The molecule has 3 aliphatic rings. The lowest BCUT2D eigenvalue weighted by Gasteiger charge is -2.47. The van der Waals surface area contributed by atoms with E-state index < -0.39 is 0 Å². The molecule has 0 aromatic heterocycles. The van der Waals surface area contributed by atoms with Gasteiger partial charge in [0.25, 0.3) is 0 Å². The molecule has 0 aromatic rings. The van der Waals surface area contributed by atoms with E-state index in [0.29, 0.717) is 4.32 Å². The summed E-state index contributed by atoms with van der Waals surface area (Å²) in [6, 6.07) is 0. The fourth-order valence-corrected chi connectivity index (χ4v) is 2.71. The number of alkyl halides is 1. The SMILES string of the molecule is OC12CCC(Br)(CC1)CC2. The van der Waals surface area contributed by atoms with Crippen molar-refractivity contribution in [2.45, 2.75) is 48.5 Å². The van der Waals surface area contributed by atoms with E-state index >= 15 is 0 Å². The van der Waals surface area contributed by atoms with Gasteiger partial charge in [0, 0.05) is 4.32 Å². The molecule has 3 rings (SSSR count). The Bertz CT molecular complexity index is 113. The molecular formula is C8H13BrO. The summed E-state index contributed by atoms with van der Waals surface area (Å²) in [5, 5.41) is 9.81. The molecule has 10 heavy (non-hydrogen) atoms. The van der Waals surface area contributed by atoms with E-state index in [4.69, 9.17) is 0 Å². The highest BCUT2D eigenvalue weighted by Crippen LogP contribution is 2.51. The second-order valence-electron chi connectivity index (χ2n) is 3.88. The fourth-order valence-electron chi connectivity index (χ4n) is 2.12. The Morgan fingerprint density at radius 1 is 0.900 bits per heavy atom. The lowest BCUT2D eigenvalue weighted by atomic mass is 9.68. The lowest BCUT2D eigenvalue weighted by molar-refractivity contribution is -0.0440. The standard InChI is InChI=1S/C8H13BrO/c9-7-1-4-8(10,5-2-7)6-3-7/h10H,1-6H2. The van der Waals surface area contributed by atoms with Crippen LogP contribution in [0, 0.1) is 0 Å². The van der Waals surface area contributed by atoms with Crippen LogP contribution < -0.4 is 0 Å². The first-order valence-electron chi connectivity index (χ1n) is 4.03. The molecule has 3 aliphatic carbocycles. The maximum absolute atomic E-state index is 9.81. The Balaban J connectivity index is 2.16. The highest BCUT2D eigenvalue weighted by Gasteiger charge is 2.45. The summed E-state index contributed by atoms with van der Waals surface area (Å²) in [5.74, 6) is 0. The molecule has 0 unspecified atom stereocenters. The van der Waals surface area contributed by atoms with Crippen LogP contribution >= 0.6 is 15.9 Å². The second-order valence-corrected chi connectivity index (χ2v) is 5.56. The molecule has 2 bridgehead atoms. The monoisotopic (exact) mass is 204 g/mol. The van der Waals surface area contributed by atoms with E-state index in [-0.39, 0.29) is 5.60 Å². The summed E-state index contributed by atoms with van der Waals surface area (Å²) < 4.78 is 0.414. The Morgan fingerprint density at radius 3 is 1.60 bits per heavy atom. The number of hydrogen-bond donors (Lipinski definition) is 1. The Labute approximate surface area is 69.9 Å². The highest BCUT2D eigenvalue weighted by atomic mass is 79.9. The molecule has 0 spiro atoms. The molecule has 1 nitrogen and oxygen atoms in total. The molecule has 3 saturated carbocycles. The van der Waals surface area contributed by atoms with Crippen LogP contribution in [0.2, 0.25) is 0 Å². The molecule has 0 saturated heterocycles. The molecule has 0 heterocycles. The van der Waals surface area contributed by atoms with Crippen molar-refractivity contribution in [3.8, 4) is 0 Å². The molecule has 0 radical (unpaired) electrons. The zero-order valence-electron chi connectivity index (χ0n) is 6.07. The molecule has 0 aliphatic heterocycles. The van der Waals surface area contributed by atoms with E-state index in [9.17, 15) is 5.11 Å². The van der Waals surface area contributed by atoms with Crippen LogP contribution in [0.15, 0.2) is 0 Å². The molecule has 0 atom stereocenters. The van der Waals surface area contributed by atoms with Crippen LogP contribution in [0.1, 0.15) is 38.5 Å². The summed E-state index contributed by atoms with van der Waals surface area (Å²) >= 11 is 3.75. The van der Waals surface area contributed by atoms with Gasteiger partial charge in [0.05, 0.1) is 5.60 Å². The van der Waals surface area contributed by atoms with Gasteiger partial charge in [0.15, 0.2) is 0 Å². The molecule has 3 fully saturated rings. The van der Waals surface area contributed by atoms with Gasteiger partial charge in [0.2, 0.25) is 0 Å². The number of halogens is 1. The first kappa shape index (κ1) is 7.11. The molecular weight excluding hydrogens is 192 g/mol. The average Bonchev–Trinajstić information content (AvgIpc) is 1.93. The number of hydrogen-bond acceptors (Lipinski definition) is 1. The maximum atomic E-state index is 9.81. The van der Waals surface area contributed by atoms with Crippen LogP contribution in [0.4, 0.5) is 0 Å². The van der Waals surface area contributed by atoms with Crippen molar-refractivity contribution in [1.29, 1.82) is 0 Å². The average molecular weight is 205 g/mol. The predicted molar refractivity (Wildman–Crippen MR) is 44.3 cm³/mol. The zero-order valence-corrected chi connectivity index (χ0v) is 7.65. The summed E-state index contributed by atoms with van der Waals surface area (Å²) in [7, 11) is 0. The van der Waals surface area contributed by atoms with Crippen molar-refractivity contribution in [1.82, 2.24) is 0 Å². The Kier molecular flexibility index (Phi) is 1.41. The van der Waals surface area contributed by atoms with Crippen LogP contribution in [0.3, 0.4) is 0 Å². The summed E-state index contributed by atoms with van der Waals surface area (Å²) in [5.41, 5.74) is -0.268. The summed E-state index contributed by atoms with van der Waals surface area (Å²) in [4.78, 5) is 0.